The zero-order valence-corrected chi connectivity index (χ0v) is 9.27. The van der Waals surface area contributed by atoms with E-state index >= 15 is 0 Å². The fourth-order valence-electron chi connectivity index (χ4n) is 1.89. The first-order valence-electron chi connectivity index (χ1n) is 5.62. The van der Waals surface area contributed by atoms with Gasteiger partial charge in [0.2, 0.25) is 5.91 Å². The Morgan fingerprint density at radius 1 is 1.53 bits per heavy atom. The lowest BCUT2D eigenvalue weighted by Gasteiger charge is -2.25. The van der Waals surface area contributed by atoms with Crippen LogP contribution in [-0.2, 0) is 9.53 Å². The maximum Gasteiger partial charge on any atom is 0.224 e. The van der Waals surface area contributed by atoms with Gasteiger partial charge in [-0.05, 0) is 18.2 Å². The number of anilines is 1. The molecule has 1 aliphatic heterocycles. The van der Waals surface area contributed by atoms with Gasteiger partial charge in [0.05, 0.1) is 30.6 Å². The van der Waals surface area contributed by atoms with Crippen molar-refractivity contribution in [2.45, 2.75) is 6.42 Å². The molecule has 0 atom stereocenters. The summed E-state index contributed by atoms with van der Waals surface area (Å²) in [6.45, 7) is 1.40. The average molecular weight is 231 g/mol. The van der Waals surface area contributed by atoms with Crippen LogP contribution in [0.5, 0.6) is 0 Å². The molecule has 0 spiro atoms. The molecule has 2 heterocycles. The average Bonchev–Trinajstić information content (AvgIpc) is 2.71. The minimum Gasteiger partial charge on any atom is -0.381 e. The quantitative estimate of drug-likeness (QED) is 0.842. The number of hydrogen-bond donors (Lipinski definition) is 2. The van der Waals surface area contributed by atoms with Crippen molar-refractivity contribution >= 4 is 22.6 Å². The maximum atomic E-state index is 11.7. The van der Waals surface area contributed by atoms with Gasteiger partial charge in [-0.2, -0.15) is 0 Å². The van der Waals surface area contributed by atoms with Crippen LogP contribution in [0.15, 0.2) is 24.5 Å². The smallest absolute Gasteiger partial charge is 0.224 e. The molecule has 2 aromatic rings. The van der Waals surface area contributed by atoms with Crippen LogP contribution in [0, 0.1) is 5.92 Å². The van der Waals surface area contributed by atoms with Crippen LogP contribution in [0.2, 0.25) is 0 Å². The number of nitrogens with zero attached hydrogens (tertiary/aromatic N) is 1. The second-order valence-corrected chi connectivity index (χ2v) is 4.29. The number of ether oxygens (including phenoxy) is 1. The number of aromatic nitrogens is 2. The maximum absolute atomic E-state index is 11.7. The standard InChI is InChI=1S/C12H13N3O2/c16-12(3-8-5-17-6-8)15-9-1-2-10-11(4-9)14-7-13-10/h1-2,4,7-8H,3,5-6H2,(H,13,14)(H,15,16). The number of imidazole rings is 1. The molecule has 0 saturated carbocycles. The van der Waals surface area contributed by atoms with Crippen LogP contribution in [0.1, 0.15) is 6.42 Å². The molecular formula is C12H13N3O2. The lowest BCUT2D eigenvalue weighted by molar-refractivity contribution is -0.121. The fourth-order valence-corrected chi connectivity index (χ4v) is 1.89. The van der Waals surface area contributed by atoms with Gasteiger partial charge in [-0.3, -0.25) is 4.79 Å². The summed E-state index contributed by atoms with van der Waals surface area (Å²) >= 11 is 0. The van der Waals surface area contributed by atoms with E-state index in [9.17, 15) is 4.79 Å². The molecule has 1 amide bonds. The Morgan fingerprint density at radius 2 is 2.41 bits per heavy atom. The molecule has 2 N–H and O–H groups in total. The largest absolute Gasteiger partial charge is 0.381 e. The number of fused-ring (bicyclic) bond motifs is 1. The zero-order valence-electron chi connectivity index (χ0n) is 9.27. The van der Waals surface area contributed by atoms with E-state index in [0.717, 1.165) is 16.7 Å². The second kappa shape index (κ2) is 4.18. The van der Waals surface area contributed by atoms with Crippen molar-refractivity contribution in [1.82, 2.24) is 9.97 Å². The zero-order chi connectivity index (χ0) is 11.7. The number of H-pyrrole nitrogens is 1. The van der Waals surface area contributed by atoms with Gasteiger partial charge in [-0.15, -0.1) is 0 Å². The molecule has 1 aliphatic rings. The Kier molecular flexibility index (Phi) is 2.53. The summed E-state index contributed by atoms with van der Waals surface area (Å²) in [5.74, 6) is 0.419. The third-order valence-corrected chi connectivity index (χ3v) is 2.89. The first-order valence-corrected chi connectivity index (χ1v) is 5.62. The topological polar surface area (TPSA) is 67.0 Å². The van der Waals surface area contributed by atoms with Gasteiger partial charge in [0.1, 0.15) is 0 Å². The predicted octanol–water partition coefficient (Wildman–Crippen LogP) is 1.54. The molecule has 1 aromatic heterocycles. The summed E-state index contributed by atoms with van der Waals surface area (Å²) in [4.78, 5) is 18.8. The molecule has 5 heteroatoms. The predicted molar refractivity (Wildman–Crippen MR) is 63.6 cm³/mol. The van der Waals surface area contributed by atoms with Gasteiger partial charge in [0.25, 0.3) is 0 Å². The first-order chi connectivity index (χ1) is 8.31. The number of nitrogens with one attached hydrogen (secondary N) is 2. The lowest BCUT2D eigenvalue weighted by Crippen LogP contribution is -2.31. The summed E-state index contributed by atoms with van der Waals surface area (Å²) in [7, 11) is 0. The minimum atomic E-state index is 0.0390. The minimum absolute atomic E-state index is 0.0390. The van der Waals surface area contributed by atoms with E-state index in [4.69, 9.17) is 4.74 Å². The second-order valence-electron chi connectivity index (χ2n) is 4.29. The van der Waals surface area contributed by atoms with Crippen molar-refractivity contribution in [3.8, 4) is 0 Å². The molecule has 1 fully saturated rings. The van der Waals surface area contributed by atoms with Gasteiger partial charge < -0.3 is 15.0 Å². The Morgan fingerprint density at radius 3 is 3.18 bits per heavy atom. The van der Waals surface area contributed by atoms with E-state index in [0.29, 0.717) is 25.6 Å². The normalized spacial score (nSPS) is 15.8. The first kappa shape index (κ1) is 10.3. The van der Waals surface area contributed by atoms with Crippen LogP contribution in [0.3, 0.4) is 0 Å². The van der Waals surface area contributed by atoms with Crippen LogP contribution in [0.4, 0.5) is 5.69 Å². The van der Waals surface area contributed by atoms with E-state index in [1.54, 1.807) is 6.33 Å². The van der Waals surface area contributed by atoms with Gasteiger partial charge in [0.15, 0.2) is 0 Å². The highest BCUT2D eigenvalue weighted by Crippen LogP contribution is 2.18. The number of aromatic amines is 1. The van der Waals surface area contributed by atoms with E-state index in [-0.39, 0.29) is 5.91 Å². The van der Waals surface area contributed by atoms with Crippen molar-refractivity contribution in [2.24, 2.45) is 5.92 Å². The molecule has 0 radical (unpaired) electrons. The van der Waals surface area contributed by atoms with Crippen molar-refractivity contribution in [1.29, 1.82) is 0 Å². The Bertz CT molecular complexity index is 545. The van der Waals surface area contributed by atoms with Crippen LogP contribution in [-0.4, -0.2) is 29.1 Å². The molecule has 3 rings (SSSR count). The molecule has 1 aromatic carbocycles. The summed E-state index contributed by atoms with van der Waals surface area (Å²) in [5.41, 5.74) is 2.62. The van der Waals surface area contributed by atoms with Crippen LogP contribution >= 0.6 is 0 Å². The van der Waals surface area contributed by atoms with Crippen LogP contribution < -0.4 is 5.32 Å². The van der Waals surface area contributed by atoms with Gasteiger partial charge in [-0.25, -0.2) is 4.98 Å². The molecular weight excluding hydrogens is 218 g/mol. The third kappa shape index (κ3) is 2.14. The summed E-state index contributed by atoms with van der Waals surface area (Å²) in [5, 5.41) is 2.88. The van der Waals surface area contributed by atoms with Gasteiger partial charge >= 0.3 is 0 Å². The summed E-state index contributed by atoms with van der Waals surface area (Å²) in [6.07, 6.45) is 2.17. The monoisotopic (exact) mass is 231 g/mol. The summed E-state index contributed by atoms with van der Waals surface area (Å²) in [6, 6.07) is 5.63. The SMILES string of the molecule is O=C(CC1COC1)Nc1ccc2nc[nH]c2c1. The number of amides is 1. The van der Waals surface area contributed by atoms with Crippen molar-refractivity contribution in [3.63, 3.8) is 0 Å². The molecule has 1 saturated heterocycles. The molecule has 0 bridgehead atoms. The van der Waals surface area contributed by atoms with E-state index in [1.165, 1.54) is 0 Å². The summed E-state index contributed by atoms with van der Waals surface area (Å²) < 4.78 is 5.04. The van der Waals surface area contributed by atoms with Crippen molar-refractivity contribution in [2.75, 3.05) is 18.5 Å². The fraction of sp³-hybridized carbons (Fsp3) is 0.333. The molecule has 17 heavy (non-hydrogen) atoms. The highest BCUT2D eigenvalue weighted by Gasteiger charge is 2.21. The van der Waals surface area contributed by atoms with Gasteiger partial charge in [0, 0.05) is 18.0 Å². The number of rotatable bonds is 3. The number of carbonyl (C=O) groups excluding carboxylic acids is 1. The molecule has 0 aliphatic carbocycles. The lowest BCUT2D eigenvalue weighted by atomic mass is 10.0. The highest BCUT2D eigenvalue weighted by molar-refractivity contribution is 5.93. The molecule has 88 valence electrons. The molecule has 5 nitrogen and oxygen atoms in total. The number of hydrogen-bond acceptors (Lipinski definition) is 3. The number of carbonyl (C=O) groups is 1. The van der Waals surface area contributed by atoms with E-state index in [2.05, 4.69) is 15.3 Å². The third-order valence-electron chi connectivity index (χ3n) is 2.89. The Hall–Kier alpha value is -1.88. The molecule has 0 unspecified atom stereocenters. The number of benzene rings is 1. The van der Waals surface area contributed by atoms with Crippen molar-refractivity contribution < 1.29 is 9.53 Å². The van der Waals surface area contributed by atoms with Gasteiger partial charge in [-0.1, -0.05) is 0 Å². The van der Waals surface area contributed by atoms with Crippen molar-refractivity contribution in [3.05, 3.63) is 24.5 Å². The van der Waals surface area contributed by atoms with Crippen LogP contribution in [0.25, 0.3) is 11.0 Å². The Balaban J connectivity index is 1.68. The van der Waals surface area contributed by atoms with E-state index in [1.807, 2.05) is 18.2 Å². The van der Waals surface area contributed by atoms with E-state index < -0.39 is 0 Å². The Labute approximate surface area is 98.2 Å². The highest BCUT2D eigenvalue weighted by atomic mass is 16.5.